The number of benzene rings is 1. The number of alkyl carbamates (subject to hydrolysis) is 1. The molecule has 0 fully saturated rings. The van der Waals surface area contributed by atoms with Crippen molar-refractivity contribution in [1.82, 2.24) is 5.32 Å². The predicted octanol–water partition coefficient (Wildman–Crippen LogP) is 2.51. The van der Waals surface area contributed by atoms with Crippen molar-refractivity contribution < 1.29 is 24.2 Å². The van der Waals surface area contributed by atoms with Gasteiger partial charge in [0.05, 0.1) is 19.1 Å². The molecule has 114 valence electrons. The van der Waals surface area contributed by atoms with Crippen molar-refractivity contribution in [3.05, 3.63) is 42.5 Å². The molecule has 0 saturated heterocycles. The molecule has 1 aromatic carbocycles. The zero-order chi connectivity index (χ0) is 15.7. The number of carboxylic acid groups (broad SMARTS) is 1. The van der Waals surface area contributed by atoms with E-state index in [0.717, 1.165) is 0 Å². The molecule has 0 saturated carbocycles. The highest BCUT2D eigenvalue weighted by Gasteiger charge is 2.18. The van der Waals surface area contributed by atoms with Crippen LogP contribution in [0.15, 0.2) is 36.9 Å². The predicted molar refractivity (Wildman–Crippen MR) is 77.3 cm³/mol. The second-order valence-electron chi connectivity index (χ2n) is 4.18. The van der Waals surface area contributed by atoms with Crippen molar-refractivity contribution in [2.75, 3.05) is 13.2 Å². The molecule has 0 radical (unpaired) electrons. The molecule has 0 aliphatic heterocycles. The molecule has 1 amide bonds. The van der Waals surface area contributed by atoms with Crippen LogP contribution in [0.1, 0.15) is 24.9 Å². The molecule has 0 aromatic heterocycles. The van der Waals surface area contributed by atoms with Gasteiger partial charge < -0.3 is 19.9 Å². The number of hydrogen-bond acceptors (Lipinski definition) is 4. The lowest BCUT2D eigenvalue weighted by atomic mass is 10.0. The average Bonchev–Trinajstić information content (AvgIpc) is 2.45. The fourth-order valence-corrected chi connectivity index (χ4v) is 1.71. The summed E-state index contributed by atoms with van der Waals surface area (Å²) in [6, 6.07) is 6.21. The Morgan fingerprint density at radius 2 is 2.05 bits per heavy atom. The number of carboxylic acids is 1. The van der Waals surface area contributed by atoms with E-state index in [1.54, 1.807) is 24.3 Å². The third-order valence-electron chi connectivity index (χ3n) is 2.60. The van der Waals surface area contributed by atoms with Gasteiger partial charge in [-0.3, -0.25) is 4.79 Å². The van der Waals surface area contributed by atoms with Crippen LogP contribution >= 0.6 is 0 Å². The molecule has 1 aromatic rings. The van der Waals surface area contributed by atoms with E-state index in [9.17, 15) is 9.59 Å². The lowest BCUT2D eigenvalue weighted by molar-refractivity contribution is -0.137. The number of nitrogens with one attached hydrogen (secondary N) is 1. The summed E-state index contributed by atoms with van der Waals surface area (Å²) in [7, 11) is 0. The van der Waals surface area contributed by atoms with Gasteiger partial charge in [0.25, 0.3) is 0 Å². The minimum atomic E-state index is -1.02. The zero-order valence-electron chi connectivity index (χ0n) is 11.9. The van der Waals surface area contributed by atoms with Crippen LogP contribution in [0.5, 0.6) is 5.75 Å². The van der Waals surface area contributed by atoms with Crippen LogP contribution in [0.2, 0.25) is 0 Å². The first kappa shape index (κ1) is 16.6. The molecule has 0 bridgehead atoms. The standard InChI is InChI=1S/C15H19NO5/c1-3-9-21-15(19)16-13(10-14(17)18)11-5-7-12(8-6-11)20-4-2/h3,5-8,13H,1,4,9-10H2,2H3,(H,16,19)(H,17,18). The number of ether oxygens (including phenoxy) is 2. The summed E-state index contributed by atoms with van der Waals surface area (Å²) in [5, 5.41) is 11.5. The summed E-state index contributed by atoms with van der Waals surface area (Å²) < 4.78 is 10.1. The first-order valence-electron chi connectivity index (χ1n) is 6.55. The monoisotopic (exact) mass is 293 g/mol. The number of rotatable bonds is 8. The van der Waals surface area contributed by atoms with Gasteiger partial charge in [-0.05, 0) is 24.6 Å². The SMILES string of the molecule is C=CCOC(=O)NC(CC(=O)O)c1ccc(OCC)cc1. The maximum Gasteiger partial charge on any atom is 0.407 e. The van der Waals surface area contributed by atoms with E-state index in [0.29, 0.717) is 17.9 Å². The first-order chi connectivity index (χ1) is 10.1. The third kappa shape index (κ3) is 5.99. The topological polar surface area (TPSA) is 84.9 Å². The molecule has 0 heterocycles. The van der Waals surface area contributed by atoms with E-state index < -0.39 is 18.1 Å². The van der Waals surface area contributed by atoms with Crippen molar-refractivity contribution in [3.8, 4) is 5.75 Å². The molecule has 0 aliphatic carbocycles. The van der Waals surface area contributed by atoms with Gasteiger partial charge in [0.15, 0.2) is 0 Å². The van der Waals surface area contributed by atoms with Crippen LogP contribution in [0, 0.1) is 0 Å². The number of carbonyl (C=O) groups is 2. The lowest BCUT2D eigenvalue weighted by Crippen LogP contribution is -2.30. The minimum absolute atomic E-state index is 0.0644. The molecule has 0 spiro atoms. The number of amides is 1. The highest BCUT2D eigenvalue weighted by Crippen LogP contribution is 2.20. The molecule has 1 unspecified atom stereocenters. The van der Waals surface area contributed by atoms with E-state index in [1.807, 2.05) is 6.92 Å². The van der Waals surface area contributed by atoms with Crippen LogP contribution in [0.4, 0.5) is 4.79 Å². The van der Waals surface area contributed by atoms with Crippen LogP contribution < -0.4 is 10.1 Å². The zero-order valence-corrected chi connectivity index (χ0v) is 11.9. The Balaban J connectivity index is 2.78. The molecule has 0 aliphatic rings. The summed E-state index contributed by atoms with van der Waals surface area (Å²) in [6.07, 6.45) is 0.509. The van der Waals surface area contributed by atoms with Crippen LogP contribution in [-0.4, -0.2) is 30.4 Å². The van der Waals surface area contributed by atoms with Crippen molar-refractivity contribution >= 4 is 12.1 Å². The second-order valence-corrected chi connectivity index (χ2v) is 4.18. The van der Waals surface area contributed by atoms with Gasteiger partial charge in [-0.1, -0.05) is 24.8 Å². The lowest BCUT2D eigenvalue weighted by Gasteiger charge is -2.17. The Labute approximate surface area is 123 Å². The molecule has 1 rings (SSSR count). The average molecular weight is 293 g/mol. The van der Waals surface area contributed by atoms with Gasteiger partial charge in [-0.25, -0.2) is 4.79 Å². The minimum Gasteiger partial charge on any atom is -0.494 e. The molecule has 6 nitrogen and oxygen atoms in total. The quantitative estimate of drug-likeness (QED) is 0.719. The smallest absolute Gasteiger partial charge is 0.407 e. The summed E-state index contributed by atoms with van der Waals surface area (Å²) in [4.78, 5) is 22.5. The molecule has 1 atom stereocenters. The number of aliphatic carboxylic acids is 1. The van der Waals surface area contributed by atoms with Gasteiger partial charge >= 0.3 is 12.1 Å². The molecular formula is C15H19NO5. The van der Waals surface area contributed by atoms with Crippen LogP contribution in [0.3, 0.4) is 0 Å². The van der Waals surface area contributed by atoms with Gasteiger partial charge in [-0.2, -0.15) is 0 Å². The van der Waals surface area contributed by atoms with E-state index in [2.05, 4.69) is 11.9 Å². The second kappa shape index (κ2) is 8.63. The third-order valence-corrected chi connectivity index (χ3v) is 2.60. The number of carbonyl (C=O) groups excluding carboxylic acids is 1. The maximum absolute atomic E-state index is 11.5. The Morgan fingerprint density at radius 3 is 2.57 bits per heavy atom. The van der Waals surface area contributed by atoms with E-state index in [1.165, 1.54) is 6.08 Å². The molecule has 6 heteroatoms. The Bertz CT molecular complexity index is 483. The van der Waals surface area contributed by atoms with Gasteiger partial charge in [0, 0.05) is 0 Å². The molecular weight excluding hydrogens is 274 g/mol. The summed E-state index contributed by atoms with van der Waals surface area (Å²) in [6.45, 7) is 5.92. The normalized spacial score (nSPS) is 11.3. The highest BCUT2D eigenvalue weighted by molar-refractivity contribution is 5.72. The fourth-order valence-electron chi connectivity index (χ4n) is 1.71. The summed E-state index contributed by atoms with van der Waals surface area (Å²) in [5.41, 5.74) is 0.663. The van der Waals surface area contributed by atoms with Crippen molar-refractivity contribution in [2.24, 2.45) is 0 Å². The summed E-state index contributed by atoms with van der Waals surface area (Å²) in [5.74, 6) is -0.331. The van der Waals surface area contributed by atoms with Crippen molar-refractivity contribution in [1.29, 1.82) is 0 Å². The van der Waals surface area contributed by atoms with Gasteiger partial charge in [0.1, 0.15) is 12.4 Å². The largest absolute Gasteiger partial charge is 0.494 e. The number of hydrogen-bond donors (Lipinski definition) is 2. The molecule has 21 heavy (non-hydrogen) atoms. The van der Waals surface area contributed by atoms with Crippen molar-refractivity contribution in [3.63, 3.8) is 0 Å². The van der Waals surface area contributed by atoms with Gasteiger partial charge in [0.2, 0.25) is 0 Å². The van der Waals surface area contributed by atoms with Gasteiger partial charge in [-0.15, -0.1) is 0 Å². The van der Waals surface area contributed by atoms with E-state index in [-0.39, 0.29) is 13.0 Å². The fraction of sp³-hybridized carbons (Fsp3) is 0.333. The maximum atomic E-state index is 11.5. The van der Waals surface area contributed by atoms with E-state index >= 15 is 0 Å². The molecule has 2 N–H and O–H groups in total. The van der Waals surface area contributed by atoms with Crippen molar-refractivity contribution in [2.45, 2.75) is 19.4 Å². The highest BCUT2D eigenvalue weighted by atomic mass is 16.5. The Kier molecular flexibility index (Phi) is 6.80. The van der Waals surface area contributed by atoms with E-state index in [4.69, 9.17) is 14.6 Å². The van der Waals surface area contributed by atoms with Crippen LogP contribution in [0.25, 0.3) is 0 Å². The first-order valence-corrected chi connectivity index (χ1v) is 6.55. The summed E-state index contributed by atoms with van der Waals surface area (Å²) >= 11 is 0. The Hall–Kier alpha value is -2.50. The Morgan fingerprint density at radius 1 is 1.38 bits per heavy atom. The van der Waals surface area contributed by atoms with Crippen LogP contribution in [-0.2, 0) is 9.53 Å².